The fourth-order valence-corrected chi connectivity index (χ4v) is 2.61. The number of carbonyl (C=O) groups is 1. The Labute approximate surface area is 125 Å². The lowest BCUT2D eigenvalue weighted by molar-refractivity contribution is 0.182. The molecule has 1 aromatic rings. The Bertz CT molecular complexity index is 530. The molecule has 2 rings (SSSR count). The fraction of sp³-hybridized carbons (Fsp3) is 0.467. The molecule has 1 atom stereocenters. The van der Waals surface area contributed by atoms with Crippen LogP contribution in [0.25, 0.3) is 0 Å². The number of hydrogen-bond donors (Lipinski definition) is 2. The average molecular weight is 291 g/mol. The maximum Gasteiger partial charge on any atom is 0.321 e. The summed E-state index contributed by atoms with van der Waals surface area (Å²) in [6, 6.07) is 5.59. The van der Waals surface area contributed by atoms with E-state index in [0.717, 1.165) is 36.3 Å². The summed E-state index contributed by atoms with van der Waals surface area (Å²) in [5, 5.41) is 2.97. The Hall–Kier alpha value is -1.62. The van der Waals surface area contributed by atoms with Gasteiger partial charge in [0.2, 0.25) is 0 Å². The zero-order valence-electron chi connectivity index (χ0n) is 12.0. The quantitative estimate of drug-likeness (QED) is 0.824. The Morgan fingerprint density at radius 2 is 2.25 bits per heavy atom. The van der Waals surface area contributed by atoms with E-state index in [1.165, 1.54) is 6.42 Å². The van der Waals surface area contributed by atoms with Gasteiger partial charge in [-0.05, 0) is 37.3 Å². The number of nitrogens with two attached hydrogens (primary N) is 1. The van der Waals surface area contributed by atoms with Crippen LogP contribution in [-0.2, 0) is 0 Å². The van der Waals surface area contributed by atoms with Crippen molar-refractivity contribution < 1.29 is 4.79 Å². The van der Waals surface area contributed by atoms with E-state index in [-0.39, 0.29) is 6.03 Å². The summed E-state index contributed by atoms with van der Waals surface area (Å²) in [7, 11) is 0. The van der Waals surface area contributed by atoms with Crippen molar-refractivity contribution in [3.05, 3.63) is 29.3 Å². The number of aryl methyl sites for hydroxylation is 1. The Morgan fingerprint density at radius 3 is 2.90 bits per heavy atom. The predicted octanol–water partition coefficient (Wildman–Crippen LogP) is 2.89. The molecule has 1 aliphatic rings. The first-order chi connectivity index (χ1) is 9.47. The number of nitrogens with one attached hydrogen (secondary N) is 1. The molecule has 1 heterocycles. The van der Waals surface area contributed by atoms with Gasteiger partial charge in [-0.15, -0.1) is 0 Å². The number of benzene rings is 1. The topological polar surface area (TPSA) is 58.4 Å². The lowest BCUT2D eigenvalue weighted by Gasteiger charge is -2.31. The highest BCUT2D eigenvalue weighted by molar-refractivity contribution is 7.80. The van der Waals surface area contributed by atoms with Crippen LogP contribution >= 0.6 is 12.2 Å². The molecule has 1 aliphatic heterocycles. The molecule has 1 fully saturated rings. The van der Waals surface area contributed by atoms with Crippen molar-refractivity contribution in [1.82, 2.24) is 4.90 Å². The second-order valence-electron chi connectivity index (χ2n) is 5.52. The largest absolute Gasteiger partial charge is 0.389 e. The maximum absolute atomic E-state index is 12.3. The predicted molar refractivity (Wildman–Crippen MR) is 86.1 cm³/mol. The van der Waals surface area contributed by atoms with Crippen molar-refractivity contribution in [3.63, 3.8) is 0 Å². The van der Waals surface area contributed by atoms with Gasteiger partial charge in [0.25, 0.3) is 0 Å². The standard InChI is InChI=1S/C15H21N3OS/c1-10-4-3-7-18(9-10)15(19)17-13-8-12(14(16)20)6-5-11(13)2/h5-6,8,10H,3-4,7,9H2,1-2H3,(H2,16,20)(H,17,19). The first-order valence-electron chi connectivity index (χ1n) is 6.93. The van der Waals surface area contributed by atoms with Crippen LogP contribution in [0.2, 0.25) is 0 Å². The minimum absolute atomic E-state index is 0.0419. The molecule has 3 N–H and O–H groups in total. The minimum atomic E-state index is -0.0419. The molecule has 0 radical (unpaired) electrons. The lowest BCUT2D eigenvalue weighted by atomic mass is 10.0. The van der Waals surface area contributed by atoms with E-state index in [1.54, 1.807) is 0 Å². The van der Waals surface area contributed by atoms with Crippen molar-refractivity contribution in [1.29, 1.82) is 0 Å². The van der Waals surface area contributed by atoms with E-state index in [0.29, 0.717) is 10.9 Å². The number of rotatable bonds is 2. The third-order valence-electron chi connectivity index (χ3n) is 3.71. The summed E-state index contributed by atoms with van der Waals surface area (Å²) >= 11 is 4.97. The summed E-state index contributed by atoms with van der Waals surface area (Å²) in [6.07, 6.45) is 2.26. The van der Waals surface area contributed by atoms with Gasteiger partial charge in [-0.1, -0.05) is 31.3 Å². The molecule has 0 spiro atoms. The molecule has 4 nitrogen and oxygen atoms in total. The first-order valence-corrected chi connectivity index (χ1v) is 7.34. The van der Waals surface area contributed by atoms with Crippen LogP contribution in [-0.4, -0.2) is 29.0 Å². The van der Waals surface area contributed by atoms with Crippen molar-refractivity contribution in [3.8, 4) is 0 Å². The van der Waals surface area contributed by atoms with Gasteiger partial charge >= 0.3 is 6.03 Å². The molecular weight excluding hydrogens is 270 g/mol. The third-order valence-corrected chi connectivity index (χ3v) is 3.94. The molecule has 1 unspecified atom stereocenters. The van der Waals surface area contributed by atoms with E-state index in [9.17, 15) is 4.79 Å². The molecule has 0 saturated carbocycles. The van der Waals surface area contributed by atoms with Crippen molar-refractivity contribution in [2.45, 2.75) is 26.7 Å². The molecule has 0 aliphatic carbocycles. The van der Waals surface area contributed by atoms with Gasteiger partial charge < -0.3 is 16.0 Å². The van der Waals surface area contributed by atoms with Crippen LogP contribution in [0, 0.1) is 12.8 Å². The number of urea groups is 1. The number of thiocarbonyl (C=S) groups is 1. The highest BCUT2D eigenvalue weighted by Gasteiger charge is 2.21. The van der Waals surface area contributed by atoms with E-state index in [2.05, 4.69) is 12.2 Å². The number of anilines is 1. The van der Waals surface area contributed by atoms with Gasteiger partial charge in [-0.25, -0.2) is 4.79 Å². The zero-order chi connectivity index (χ0) is 14.7. The minimum Gasteiger partial charge on any atom is -0.389 e. The van der Waals surface area contributed by atoms with Gasteiger partial charge in [0.05, 0.1) is 0 Å². The van der Waals surface area contributed by atoms with E-state index in [1.807, 2.05) is 30.0 Å². The highest BCUT2D eigenvalue weighted by Crippen LogP contribution is 2.20. The van der Waals surface area contributed by atoms with Crippen LogP contribution in [0.4, 0.5) is 10.5 Å². The molecule has 2 amide bonds. The van der Waals surface area contributed by atoms with Gasteiger partial charge in [-0.3, -0.25) is 0 Å². The fourth-order valence-electron chi connectivity index (χ4n) is 2.48. The van der Waals surface area contributed by atoms with Crippen LogP contribution in [0.1, 0.15) is 30.9 Å². The lowest BCUT2D eigenvalue weighted by Crippen LogP contribution is -2.41. The number of carbonyl (C=O) groups excluding carboxylic acids is 1. The van der Waals surface area contributed by atoms with Gasteiger partial charge in [-0.2, -0.15) is 0 Å². The Kier molecular flexibility index (Phi) is 4.60. The normalized spacial score (nSPS) is 18.7. The van der Waals surface area contributed by atoms with Crippen LogP contribution < -0.4 is 11.1 Å². The van der Waals surface area contributed by atoms with Crippen molar-refractivity contribution in [2.75, 3.05) is 18.4 Å². The van der Waals surface area contributed by atoms with Crippen molar-refractivity contribution in [2.24, 2.45) is 11.7 Å². The molecule has 20 heavy (non-hydrogen) atoms. The maximum atomic E-state index is 12.3. The number of nitrogens with zero attached hydrogens (tertiary/aromatic N) is 1. The highest BCUT2D eigenvalue weighted by atomic mass is 32.1. The van der Waals surface area contributed by atoms with Crippen LogP contribution in [0.5, 0.6) is 0 Å². The second kappa shape index (κ2) is 6.22. The summed E-state index contributed by atoms with van der Waals surface area (Å²) in [5.74, 6) is 0.568. The third kappa shape index (κ3) is 3.48. The van der Waals surface area contributed by atoms with Crippen LogP contribution in [0.3, 0.4) is 0 Å². The van der Waals surface area contributed by atoms with Crippen molar-refractivity contribution >= 4 is 28.9 Å². The smallest absolute Gasteiger partial charge is 0.321 e. The van der Waals surface area contributed by atoms with Gasteiger partial charge in [0, 0.05) is 24.3 Å². The number of piperidine rings is 1. The van der Waals surface area contributed by atoms with Crippen LogP contribution in [0.15, 0.2) is 18.2 Å². The SMILES string of the molecule is Cc1ccc(C(N)=S)cc1NC(=O)N1CCCC(C)C1. The number of hydrogen-bond acceptors (Lipinski definition) is 2. The monoisotopic (exact) mass is 291 g/mol. The molecule has 5 heteroatoms. The van der Waals surface area contributed by atoms with Gasteiger partial charge in [0.1, 0.15) is 4.99 Å². The number of likely N-dealkylation sites (tertiary alicyclic amines) is 1. The molecule has 108 valence electrons. The molecule has 0 aromatic heterocycles. The van der Waals surface area contributed by atoms with E-state index < -0.39 is 0 Å². The molecule has 0 bridgehead atoms. The summed E-state index contributed by atoms with van der Waals surface area (Å²) in [5.41, 5.74) is 8.18. The summed E-state index contributed by atoms with van der Waals surface area (Å²) in [6.45, 7) is 5.78. The summed E-state index contributed by atoms with van der Waals surface area (Å²) < 4.78 is 0. The Balaban J connectivity index is 2.10. The zero-order valence-corrected chi connectivity index (χ0v) is 12.8. The van der Waals surface area contributed by atoms with Gasteiger partial charge in [0.15, 0.2) is 0 Å². The average Bonchev–Trinajstić information content (AvgIpc) is 2.41. The first kappa shape index (κ1) is 14.8. The second-order valence-corrected chi connectivity index (χ2v) is 5.96. The summed E-state index contributed by atoms with van der Waals surface area (Å²) in [4.78, 5) is 14.5. The molecular formula is C15H21N3OS. The van der Waals surface area contributed by atoms with E-state index >= 15 is 0 Å². The molecule has 1 saturated heterocycles. The molecule has 1 aromatic carbocycles. The Morgan fingerprint density at radius 1 is 1.50 bits per heavy atom. The van der Waals surface area contributed by atoms with E-state index in [4.69, 9.17) is 18.0 Å². The number of amides is 2.